The first-order chi connectivity index (χ1) is 8.04. The molecule has 0 bridgehead atoms. The van der Waals surface area contributed by atoms with Gasteiger partial charge in [-0.2, -0.15) is 0 Å². The van der Waals surface area contributed by atoms with Gasteiger partial charge in [0.25, 0.3) is 5.91 Å². The zero-order valence-electron chi connectivity index (χ0n) is 9.47. The summed E-state index contributed by atoms with van der Waals surface area (Å²) in [4.78, 5) is 11.9. The predicted molar refractivity (Wildman–Crippen MR) is 78.7 cm³/mol. The van der Waals surface area contributed by atoms with Gasteiger partial charge in [-0.1, -0.05) is 22.9 Å². The molecule has 0 aliphatic heterocycles. The lowest BCUT2D eigenvalue weighted by atomic mass is 10.2. The summed E-state index contributed by atoms with van der Waals surface area (Å²) in [5.41, 5.74) is 0.627. The van der Waals surface area contributed by atoms with E-state index in [9.17, 15) is 4.79 Å². The van der Waals surface area contributed by atoms with Crippen molar-refractivity contribution in [2.45, 2.75) is 25.1 Å². The predicted octanol–water partition coefficient (Wildman–Crippen LogP) is 4.35. The maximum absolute atomic E-state index is 11.9. The SMILES string of the molecule is CCC(Cl)CCNC(=O)c1cc(Br)ccc1Br. The van der Waals surface area contributed by atoms with Gasteiger partial charge >= 0.3 is 0 Å². The maximum atomic E-state index is 11.9. The van der Waals surface area contributed by atoms with E-state index in [2.05, 4.69) is 37.2 Å². The molecule has 0 aliphatic carbocycles. The van der Waals surface area contributed by atoms with Crippen LogP contribution in [0.3, 0.4) is 0 Å². The average Bonchev–Trinajstić information content (AvgIpc) is 2.31. The van der Waals surface area contributed by atoms with E-state index in [1.54, 1.807) is 6.07 Å². The van der Waals surface area contributed by atoms with Crippen molar-refractivity contribution in [2.24, 2.45) is 0 Å². The second-order valence-corrected chi connectivity index (χ2v) is 6.06. The number of amides is 1. The Morgan fingerprint density at radius 3 is 2.82 bits per heavy atom. The molecular weight excluding hydrogens is 369 g/mol. The number of benzene rings is 1. The molecule has 1 N–H and O–H groups in total. The topological polar surface area (TPSA) is 29.1 Å². The standard InChI is InChI=1S/C12H14Br2ClNO/c1-2-9(15)5-6-16-12(17)10-7-8(13)3-4-11(10)14/h3-4,7,9H,2,5-6H2,1H3,(H,16,17). The first-order valence-corrected chi connectivity index (χ1v) is 7.44. The first-order valence-electron chi connectivity index (χ1n) is 5.42. The summed E-state index contributed by atoms with van der Waals surface area (Å²) in [5, 5.41) is 2.98. The lowest BCUT2D eigenvalue weighted by Crippen LogP contribution is -2.26. The third kappa shape index (κ3) is 4.98. The summed E-state index contributed by atoms with van der Waals surface area (Å²) in [5.74, 6) is -0.0851. The summed E-state index contributed by atoms with van der Waals surface area (Å²) in [6.45, 7) is 2.63. The van der Waals surface area contributed by atoms with Gasteiger partial charge in [-0.15, -0.1) is 11.6 Å². The van der Waals surface area contributed by atoms with Gasteiger partial charge < -0.3 is 5.32 Å². The van der Waals surface area contributed by atoms with Gasteiger partial charge in [-0.3, -0.25) is 4.79 Å². The Morgan fingerprint density at radius 1 is 1.47 bits per heavy atom. The van der Waals surface area contributed by atoms with Crippen molar-refractivity contribution < 1.29 is 4.79 Å². The molecule has 1 aromatic rings. The molecule has 1 rings (SSSR count). The fourth-order valence-electron chi connectivity index (χ4n) is 1.31. The number of carbonyl (C=O) groups excluding carboxylic acids is 1. The van der Waals surface area contributed by atoms with E-state index in [1.165, 1.54) is 0 Å². The maximum Gasteiger partial charge on any atom is 0.252 e. The molecule has 5 heteroatoms. The Morgan fingerprint density at radius 2 is 2.18 bits per heavy atom. The molecule has 1 unspecified atom stereocenters. The molecule has 0 saturated carbocycles. The molecule has 0 aromatic heterocycles. The van der Waals surface area contributed by atoms with Gasteiger partial charge in [0.1, 0.15) is 0 Å². The lowest BCUT2D eigenvalue weighted by Gasteiger charge is -2.09. The largest absolute Gasteiger partial charge is 0.352 e. The minimum absolute atomic E-state index is 0.0851. The second-order valence-electron chi connectivity index (χ2n) is 3.67. The molecule has 0 saturated heterocycles. The number of hydrogen-bond acceptors (Lipinski definition) is 1. The van der Waals surface area contributed by atoms with Crippen LogP contribution in [0.1, 0.15) is 30.1 Å². The van der Waals surface area contributed by atoms with E-state index < -0.39 is 0 Å². The molecule has 0 heterocycles. The van der Waals surface area contributed by atoms with E-state index in [0.717, 1.165) is 21.8 Å². The first kappa shape index (κ1) is 15.0. The molecule has 94 valence electrons. The van der Waals surface area contributed by atoms with Crippen molar-refractivity contribution in [1.82, 2.24) is 5.32 Å². The number of alkyl halides is 1. The van der Waals surface area contributed by atoms with Gasteiger partial charge in [-0.05, 0) is 47.0 Å². The van der Waals surface area contributed by atoms with Crippen molar-refractivity contribution in [3.05, 3.63) is 32.7 Å². The quantitative estimate of drug-likeness (QED) is 0.753. The van der Waals surface area contributed by atoms with Crippen molar-refractivity contribution in [3.8, 4) is 0 Å². The highest BCUT2D eigenvalue weighted by atomic mass is 79.9. The molecule has 1 amide bonds. The van der Waals surface area contributed by atoms with E-state index >= 15 is 0 Å². The van der Waals surface area contributed by atoms with Crippen LogP contribution in [-0.2, 0) is 0 Å². The highest BCUT2D eigenvalue weighted by Crippen LogP contribution is 2.21. The van der Waals surface area contributed by atoms with Gasteiger partial charge in [0.15, 0.2) is 0 Å². The van der Waals surface area contributed by atoms with E-state index in [-0.39, 0.29) is 11.3 Å². The van der Waals surface area contributed by atoms with Gasteiger partial charge in [0.05, 0.1) is 5.56 Å². The zero-order chi connectivity index (χ0) is 12.8. The summed E-state index contributed by atoms with van der Waals surface area (Å²) in [6, 6.07) is 5.51. The highest BCUT2D eigenvalue weighted by molar-refractivity contribution is 9.11. The molecule has 0 spiro atoms. The Balaban J connectivity index is 2.55. The lowest BCUT2D eigenvalue weighted by molar-refractivity contribution is 0.0952. The van der Waals surface area contributed by atoms with Crippen molar-refractivity contribution in [1.29, 1.82) is 0 Å². The van der Waals surface area contributed by atoms with Crippen LogP contribution in [0.5, 0.6) is 0 Å². The van der Waals surface area contributed by atoms with Gasteiger partial charge in [-0.25, -0.2) is 0 Å². The molecule has 0 fully saturated rings. The van der Waals surface area contributed by atoms with Crippen LogP contribution in [0.25, 0.3) is 0 Å². The molecule has 1 atom stereocenters. The van der Waals surface area contributed by atoms with Crippen LogP contribution in [-0.4, -0.2) is 17.8 Å². The number of halogens is 3. The Kier molecular flexibility index (Phi) is 6.52. The number of rotatable bonds is 5. The number of nitrogens with one attached hydrogen (secondary N) is 1. The smallest absolute Gasteiger partial charge is 0.252 e. The molecule has 2 nitrogen and oxygen atoms in total. The minimum atomic E-state index is -0.0851. The van der Waals surface area contributed by atoms with Crippen LogP contribution < -0.4 is 5.32 Å². The second kappa shape index (κ2) is 7.39. The third-order valence-electron chi connectivity index (χ3n) is 2.36. The molecule has 0 radical (unpaired) electrons. The van der Waals surface area contributed by atoms with Crippen LogP contribution in [0.4, 0.5) is 0 Å². The Labute approximate surface area is 123 Å². The third-order valence-corrected chi connectivity index (χ3v) is 4.07. The van der Waals surface area contributed by atoms with Crippen molar-refractivity contribution in [3.63, 3.8) is 0 Å². The highest BCUT2D eigenvalue weighted by Gasteiger charge is 2.10. The normalized spacial score (nSPS) is 12.2. The van der Waals surface area contributed by atoms with Crippen LogP contribution in [0, 0.1) is 0 Å². The van der Waals surface area contributed by atoms with Crippen LogP contribution in [0.2, 0.25) is 0 Å². The van der Waals surface area contributed by atoms with Gasteiger partial charge in [0, 0.05) is 20.9 Å². The number of hydrogen-bond donors (Lipinski definition) is 1. The average molecular weight is 384 g/mol. The number of carbonyl (C=O) groups is 1. The molecule has 17 heavy (non-hydrogen) atoms. The molecule has 1 aromatic carbocycles. The summed E-state index contributed by atoms with van der Waals surface area (Å²) >= 11 is 12.7. The summed E-state index contributed by atoms with van der Waals surface area (Å²) < 4.78 is 1.67. The Hall–Kier alpha value is -0.0600. The summed E-state index contributed by atoms with van der Waals surface area (Å²) in [7, 11) is 0. The fraction of sp³-hybridized carbons (Fsp3) is 0.417. The monoisotopic (exact) mass is 381 g/mol. The zero-order valence-corrected chi connectivity index (χ0v) is 13.4. The van der Waals surface area contributed by atoms with E-state index in [0.29, 0.717) is 12.1 Å². The molecule has 0 aliphatic rings. The van der Waals surface area contributed by atoms with Crippen LogP contribution in [0.15, 0.2) is 27.1 Å². The van der Waals surface area contributed by atoms with Crippen molar-refractivity contribution >= 4 is 49.4 Å². The van der Waals surface area contributed by atoms with E-state index in [4.69, 9.17) is 11.6 Å². The molecular formula is C12H14Br2ClNO. The van der Waals surface area contributed by atoms with Crippen LogP contribution >= 0.6 is 43.5 Å². The van der Waals surface area contributed by atoms with Crippen molar-refractivity contribution in [2.75, 3.05) is 6.54 Å². The minimum Gasteiger partial charge on any atom is -0.352 e. The summed E-state index contributed by atoms with van der Waals surface area (Å²) in [6.07, 6.45) is 1.70. The Bertz CT molecular complexity index is 398. The van der Waals surface area contributed by atoms with Gasteiger partial charge in [0.2, 0.25) is 0 Å². The van der Waals surface area contributed by atoms with E-state index in [1.807, 2.05) is 19.1 Å². The fourth-order valence-corrected chi connectivity index (χ4v) is 2.21.